The molecule has 1 aliphatic rings. The molecule has 0 saturated heterocycles. The average Bonchev–Trinajstić information content (AvgIpc) is 3.19. The molecule has 0 aromatic carbocycles. The van der Waals surface area contributed by atoms with E-state index in [1.165, 1.54) is 36.0 Å². The van der Waals surface area contributed by atoms with Gasteiger partial charge in [0.15, 0.2) is 5.78 Å². The van der Waals surface area contributed by atoms with Crippen molar-refractivity contribution in [1.29, 1.82) is 0 Å². The van der Waals surface area contributed by atoms with Crippen molar-refractivity contribution in [3.05, 3.63) is 52.0 Å². The number of hydrogen-bond acceptors (Lipinski definition) is 3. The highest BCUT2D eigenvalue weighted by Gasteiger charge is 2.28. The zero-order valence-corrected chi connectivity index (χ0v) is 11.7. The molecule has 0 N–H and O–H groups in total. The van der Waals surface area contributed by atoms with Gasteiger partial charge in [-0.25, -0.2) is 4.98 Å². The van der Waals surface area contributed by atoms with E-state index in [4.69, 9.17) is 0 Å². The van der Waals surface area contributed by atoms with E-state index in [2.05, 4.69) is 9.55 Å². The fourth-order valence-electron chi connectivity index (χ4n) is 2.69. The lowest BCUT2D eigenvalue weighted by Crippen LogP contribution is -2.23. The van der Waals surface area contributed by atoms with Crippen molar-refractivity contribution >= 4 is 5.78 Å². The van der Waals surface area contributed by atoms with E-state index in [1.807, 2.05) is 19.9 Å². The summed E-state index contributed by atoms with van der Waals surface area (Å²) >= 11 is 0. The molecular formula is C15H17N3O2. The summed E-state index contributed by atoms with van der Waals surface area (Å²) in [6.07, 6.45) is 5.21. The van der Waals surface area contributed by atoms with Crippen LogP contribution in [-0.2, 0) is 6.54 Å². The van der Waals surface area contributed by atoms with Crippen LogP contribution in [0.5, 0.6) is 0 Å². The van der Waals surface area contributed by atoms with Crippen LogP contribution < -0.4 is 5.56 Å². The number of carbonyl (C=O) groups excluding carboxylic acids is 1. The first-order chi connectivity index (χ1) is 9.58. The Labute approximate surface area is 116 Å². The molecule has 104 valence electrons. The highest BCUT2D eigenvalue weighted by molar-refractivity contribution is 5.97. The van der Waals surface area contributed by atoms with Crippen LogP contribution in [0.1, 0.15) is 40.6 Å². The monoisotopic (exact) mass is 271 g/mol. The predicted octanol–water partition coefficient (Wildman–Crippen LogP) is 1.88. The second kappa shape index (κ2) is 4.74. The molecule has 3 rings (SSSR count). The molecule has 0 aliphatic heterocycles. The highest BCUT2D eigenvalue weighted by Crippen LogP contribution is 2.38. The SMILES string of the molecule is Cc1cc(C(=O)Cn2cnccc2=O)c(C)n1C1CC1. The largest absolute Gasteiger partial charge is 0.345 e. The third kappa shape index (κ3) is 2.19. The summed E-state index contributed by atoms with van der Waals surface area (Å²) in [5.74, 6) is -0.0416. The van der Waals surface area contributed by atoms with Gasteiger partial charge in [0.1, 0.15) is 0 Å². The number of aromatic nitrogens is 3. The summed E-state index contributed by atoms with van der Waals surface area (Å²) < 4.78 is 3.57. The molecule has 1 aliphatic carbocycles. The molecule has 20 heavy (non-hydrogen) atoms. The van der Waals surface area contributed by atoms with Crippen LogP contribution in [0.25, 0.3) is 0 Å². The Morgan fingerprint density at radius 1 is 1.40 bits per heavy atom. The van der Waals surface area contributed by atoms with Crippen LogP contribution in [0.4, 0.5) is 0 Å². The van der Waals surface area contributed by atoms with Crippen molar-refractivity contribution in [1.82, 2.24) is 14.1 Å². The molecule has 2 aromatic rings. The summed E-state index contributed by atoms with van der Waals surface area (Å²) in [7, 11) is 0. The Kier molecular flexibility index (Phi) is 3.04. The molecule has 1 saturated carbocycles. The Hall–Kier alpha value is -2.17. The van der Waals surface area contributed by atoms with Crippen molar-refractivity contribution in [3.8, 4) is 0 Å². The van der Waals surface area contributed by atoms with Crippen molar-refractivity contribution in [2.24, 2.45) is 0 Å². The number of ketones is 1. The first kappa shape index (κ1) is 12.8. The van der Waals surface area contributed by atoms with Gasteiger partial charge in [0, 0.05) is 35.3 Å². The molecule has 5 nitrogen and oxygen atoms in total. The maximum absolute atomic E-state index is 12.4. The maximum atomic E-state index is 12.4. The van der Waals surface area contributed by atoms with Crippen LogP contribution >= 0.6 is 0 Å². The zero-order valence-electron chi connectivity index (χ0n) is 11.7. The number of nitrogens with zero attached hydrogens (tertiary/aromatic N) is 3. The van der Waals surface area contributed by atoms with Crippen LogP contribution in [0.3, 0.4) is 0 Å². The van der Waals surface area contributed by atoms with Crippen LogP contribution in [0.15, 0.2) is 29.5 Å². The minimum atomic E-state index is -0.204. The molecule has 0 amide bonds. The topological polar surface area (TPSA) is 56.9 Å². The molecule has 0 radical (unpaired) electrons. The van der Waals surface area contributed by atoms with Gasteiger partial charge < -0.3 is 4.57 Å². The molecule has 0 spiro atoms. The van der Waals surface area contributed by atoms with E-state index in [0.717, 1.165) is 11.4 Å². The number of Topliss-reactive ketones (excluding diaryl/α,β-unsaturated/α-hetero) is 1. The molecule has 2 heterocycles. The molecule has 1 fully saturated rings. The zero-order chi connectivity index (χ0) is 14.3. The van der Waals surface area contributed by atoms with Crippen LogP contribution in [0.2, 0.25) is 0 Å². The van der Waals surface area contributed by atoms with Gasteiger partial charge in [-0.3, -0.25) is 14.2 Å². The number of rotatable bonds is 4. The van der Waals surface area contributed by atoms with E-state index >= 15 is 0 Å². The smallest absolute Gasteiger partial charge is 0.253 e. The minimum absolute atomic E-state index is 0.0416. The van der Waals surface area contributed by atoms with Gasteiger partial charge in [-0.05, 0) is 32.8 Å². The molecule has 0 atom stereocenters. The lowest BCUT2D eigenvalue weighted by molar-refractivity contribution is 0.0969. The average molecular weight is 271 g/mol. The fraction of sp³-hybridized carbons (Fsp3) is 0.400. The van der Waals surface area contributed by atoms with E-state index in [9.17, 15) is 9.59 Å². The Morgan fingerprint density at radius 3 is 2.80 bits per heavy atom. The number of aryl methyl sites for hydroxylation is 1. The van der Waals surface area contributed by atoms with Crippen molar-refractivity contribution in [3.63, 3.8) is 0 Å². The Morgan fingerprint density at radius 2 is 2.15 bits per heavy atom. The van der Waals surface area contributed by atoms with Gasteiger partial charge in [0.2, 0.25) is 0 Å². The second-order valence-electron chi connectivity index (χ2n) is 5.36. The summed E-state index contributed by atoms with van der Waals surface area (Å²) in [5, 5.41) is 0. The van der Waals surface area contributed by atoms with Gasteiger partial charge in [-0.1, -0.05) is 0 Å². The van der Waals surface area contributed by atoms with E-state index in [-0.39, 0.29) is 17.9 Å². The van der Waals surface area contributed by atoms with Crippen molar-refractivity contribution in [2.75, 3.05) is 0 Å². The summed E-state index contributed by atoms with van der Waals surface area (Å²) in [6, 6.07) is 3.84. The van der Waals surface area contributed by atoms with Gasteiger partial charge in [0.05, 0.1) is 12.9 Å². The third-order valence-corrected chi connectivity index (χ3v) is 3.80. The van der Waals surface area contributed by atoms with Crippen LogP contribution in [-0.4, -0.2) is 19.9 Å². The number of carbonyl (C=O) groups is 1. The lowest BCUT2D eigenvalue weighted by atomic mass is 10.1. The highest BCUT2D eigenvalue weighted by atomic mass is 16.1. The molecule has 2 aromatic heterocycles. The van der Waals surface area contributed by atoms with Gasteiger partial charge in [-0.15, -0.1) is 0 Å². The van der Waals surface area contributed by atoms with Crippen LogP contribution in [0, 0.1) is 13.8 Å². The van der Waals surface area contributed by atoms with E-state index in [0.29, 0.717) is 11.6 Å². The molecular weight excluding hydrogens is 254 g/mol. The predicted molar refractivity (Wildman–Crippen MR) is 75.0 cm³/mol. The van der Waals surface area contributed by atoms with Crippen molar-refractivity contribution < 1.29 is 4.79 Å². The fourth-order valence-corrected chi connectivity index (χ4v) is 2.69. The quantitative estimate of drug-likeness (QED) is 0.798. The summed E-state index contributed by atoms with van der Waals surface area (Å²) in [4.78, 5) is 27.9. The third-order valence-electron chi connectivity index (χ3n) is 3.80. The molecule has 0 unspecified atom stereocenters. The first-order valence-corrected chi connectivity index (χ1v) is 6.80. The first-order valence-electron chi connectivity index (χ1n) is 6.80. The van der Waals surface area contributed by atoms with Crippen molar-refractivity contribution in [2.45, 2.75) is 39.3 Å². The van der Waals surface area contributed by atoms with Gasteiger partial charge >= 0.3 is 0 Å². The second-order valence-corrected chi connectivity index (χ2v) is 5.36. The normalized spacial score (nSPS) is 14.5. The lowest BCUT2D eigenvalue weighted by Gasteiger charge is -2.08. The summed E-state index contributed by atoms with van der Waals surface area (Å²) in [5.41, 5.74) is 2.63. The summed E-state index contributed by atoms with van der Waals surface area (Å²) in [6.45, 7) is 4.05. The Bertz CT molecular complexity index is 723. The molecule has 5 heteroatoms. The van der Waals surface area contributed by atoms with E-state index < -0.39 is 0 Å². The van der Waals surface area contributed by atoms with Gasteiger partial charge in [0.25, 0.3) is 5.56 Å². The van der Waals surface area contributed by atoms with Gasteiger partial charge in [-0.2, -0.15) is 0 Å². The Balaban J connectivity index is 1.90. The van der Waals surface area contributed by atoms with E-state index in [1.54, 1.807) is 0 Å². The molecule has 0 bridgehead atoms. The number of hydrogen-bond donors (Lipinski definition) is 0. The standard InChI is InChI=1S/C15H17N3O2/c1-10-7-13(11(2)18(10)12-3-4-12)14(19)8-17-9-16-6-5-15(17)20/h5-7,9,12H,3-4,8H2,1-2H3. The maximum Gasteiger partial charge on any atom is 0.253 e. The minimum Gasteiger partial charge on any atom is -0.345 e.